The number of methoxy groups -OCH3 is 1. The zero-order valence-corrected chi connectivity index (χ0v) is 13.8. The molecule has 1 aromatic carbocycles. The van der Waals surface area contributed by atoms with Gasteiger partial charge in [-0.15, -0.1) is 0 Å². The number of amides is 1. The average Bonchev–Trinajstić information content (AvgIpc) is 2.52. The highest BCUT2D eigenvalue weighted by molar-refractivity contribution is 7.89. The van der Waals surface area contributed by atoms with Crippen molar-refractivity contribution < 1.29 is 17.9 Å². The van der Waals surface area contributed by atoms with Crippen LogP contribution in [0.2, 0.25) is 0 Å². The van der Waals surface area contributed by atoms with E-state index >= 15 is 0 Å². The van der Waals surface area contributed by atoms with Gasteiger partial charge in [0.2, 0.25) is 5.88 Å². The van der Waals surface area contributed by atoms with Crippen LogP contribution in [0.3, 0.4) is 0 Å². The fraction of sp³-hybridized carbons (Fsp3) is 0.250. The van der Waals surface area contributed by atoms with E-state index in [4.69, 9.17) is 4.74 Å². The van der Waals surface area contributed by atoms with Crippen molar-refractivity contribution in [3.8, 4) is 5.88 Å². The Balaban J connectivity index is 1.97. The molecule has 0 aliphatic carbocycles. The Bertz CT molecular complexity index is 786. The number of rotatable bonds is 6. The molecule has 0 atom stereocenters. The van der Waals surface area contributed by atoms with Crippen LogP contribution in [0.15, 0.2) is 42.6 Å². The fourth-order valence-electron chi connectivity index (χ4n) is 2.01. The monoisotopic (exact) mass is 334 g/mol. The van der Waals surface area contributed by atoms with Crippen molar-refractivity contribution in [3.63, 3.8) is 0 Å². The van der Waals surface area contributed by atoms with Crippen molar-refractivity contribution in [2.45, 2.75) is 12.3 Å². The number of aromatic nitrogens is 1. The summed E-state index contributed by atoms with van der Waals surface area (Å²) >= 11 is 0. The van der Waals surface area contributed by atoms with Gasteiger partial charge < -0.3 is 10.1 Å². The number of hydrogen-bond donors (Lipinski definition) is 1. The molecule has 0 radical (unpaired) electrons. The van der Waals surface area contributed by atoms with Crippen LogP contribution in [0, 0.1) is 0 Å². The van der Waals surface area contributed by atoms with E-state index in [1.54, 1.807) is 42.6 Å². The maximum absolute atomic E-state index is 12.1. The Morgan fingerprint density at radius 2 is 1.87 bits per heavy atom. The van der Waals surface area contributed by atoms with Crippen molar-refractivity contribution in [1.82, 2.24) is 10.3 Å². The molecule has 0 saturated carbocycles. The fourth-order valence-corrected chi connectivity index (χ4v) is 2.81. The van der Waals surface area contributed by atoms with Crippen LogP contribution in [-0.2, 0) is 22.1 Å². The zero-order chi connectivity index (χ0) is 16.9. The van der Waals surface area contributed by atoms with E-state index in [-0.39, 0.29) is 11.7 Å². The second kappa shape index (κ2) is 7.23. The molecular formula is C16H18N2O4S. The predicted molar refractivity (Wildman–Crippen MR) is 86.9 cm³/mol. The molecule has 0 saturated heterocycles. The molecule has 2 aromatic rings. The van der Waals surface area contributed by atoms with E-state index in [0.29, 0.717) is 23.6 Å². The first-order valence-corrected chi connectivity index (χ1v) is 8.97. The van der Waals surface area contributed by atoms with Crippen molar-refractivity contribution in [2.75, 3.05) is 13.4 Å². The van der Waals surface area contributed by atoms with Crippen LogP contribution in [0.1, 0.15) is 21.5 Å². The van der Waals surface area contributed by atoms with Crippen molar-refractivity contribution in [1.29, 1.82) is 0 Å². The second-order valence-corrected chi connectivity index (χ2v) is 7.30. The normalized spacial score (nSPS) is 11.0. The maximum Gasteiger partial charge on any atom is 0.251 e. The Kier molecular flexibility index (Phi) is 5.33. The van der Waals surface area contributed by atoms with Crippen molar-refractivity contribution in [2.24, 2.45) is 0 Å². The highest BCUT2D eigenvalue weighted by Gasteiger charge is 2.08. The minimum Gasteiger partial charge on any atom is -0.481 e. The highest BCUT2D eigenvalue weighted by atomic mass is 32.2. The van der Waals surface area contributed by atoms with Crippen LogP contribution in [-0.4, -0.2) is 32.7 Å². The molecule has 2 rings (SSSR count). The van der Waals surface area contributed by atoms with Gasteiger partial charge in [0.15, 0.2) is 9.84 Å². The summed E-state index contributed by atoms with van der Waals surface area (Å²) in [7, 11) is -1.55. The first-order valence-electron chi connectivity index (χ1n) is 6.91. The molecule has 7 heteroatoms. The Morgan fingerprint density at radius 3 is 2.48 bits per heavy atom. The van der Waals surface area contributed by atoms with E-state index in [1.807, 2.05) is 0 Å². The quantitative estimate of drug-likeness (QED) is 0.866. The Labute approximate surface area is 135 Å². The highest BCUT2D eigenvalue weighted by Crippen LogP contribution is 2.10. The summed E-state index contributed by atoms with van der Waals surface area (Å²) in [6.45, 7) is 0.350. The van der Waals surface area contributed by atoms with E-state index in [2.05, 4.69) is 10.3 Å². The molecule has 6 nitrogen and oxygen atoms in total. The maximum atomic E-state index is 12.1. The summed E-state index contributed by atoms with van der Waals surface area (Å²) in [5.74, 6) is 0.222. The largest absolute Gasteiger partial charge is 0.481 e. The number of pyridine rings is 1. The molecular weight excluding hydrogens is 316 g/mol. The third kappa shape index (κ3) is 5.37. The molecule has 0 bridgehead atoms. The van der Waals surface area contributed by atoms with Crippen LogP contribution in [0.25, 0.3) is 0 Å². The van der Waals surface area contributed by atoms with Gasteiger partial charge in [-0.1, -0.05) is 12.1 Å². The average molecular weight is 334 g/mol. The molecule has 23 heavy (non-hydrogen) atoms. The topological polar surface area (TPSA) is 85.4 Å². The number of sulfone groups is 1. The standard InChI is InChI=1S/C16H18N2O4S/c1-22-15-9-13(7-8-17-15)10-18-16(19)14-5-3-12(4-6-14)11-23(2,20)21/h3-9H,10-11H2,1-2H3,(H,18,19). The van der Waals surface area contributed by atoms with Gasteiger partial charge >= 0.3 is 0 Å². The zero-order valence-electron chi connectivity index (χ0n) is 12.9. The Hall–Kier alpha value is -2.41. The molecule has 1 N–H and O–H groups in total. The van der Waals surface area contributed by atoms with Gasteiger partial charge in [0.25, 0.3) is 5.91 Å². The van der Waals surface area contributed by atoms with Gasteiger partial charge in [-0.3, -0.25) is 4.79 Å². The van der Waals surface area contributed by atoms with E-state index < -0.39 is 9.84 Å². The predicted octanol–water partition coefficient (Wildman–Crippen LogP) is 1.56. The van der Waals surface area contributed by atoms with Gasteiger partial charge in [-0.2, -0.15) is 0 Å². The van der Waals surface area contributed by atoms with Gasteiger partial charge in [0, 0.05) is 30.6 Å². The minimum atomic E-state index is -3.08. The van der Waals surface area contributed by atoms with E-state index in [9.17, 15) is 13.2 Å². The summed E-state index contributed by atoms with van der Waals surface area (Å²) in [4.78, 5) is 16.1. The summed E-state index contributed by atoms with van der Waals surface area (Å²) in [5.41, 5.74) is 2.00. The van der Waals surface area contributed by atoms with Crippen LogP contribution >= 0.6 is 0 Å². The summed E-state index contributed by atoms with van der Waals surface area (Å²) in [6.07, 6.45) is 2.79. The molecule has 0 unspecified atom stereocenters. The third-order valence-electron chi connectivity index (χ3n) is 3.11. The van der Waals surface area contributed by atoms with Crippen molar-refractivity contribution >= 4 is 15.7 Å². The van der Waals surface area contributed by atoms with Gasteiger partial charge in [-0.05, 0) is 29.3 Å². The molecule has 122 valence electrons. The van der Waals surface area contributed by atoms with Crippen molar-refractivity contribution in [3.05, 3.63) is 59.3 Å². The van der Waals surface area contributed by atoms with E-state index in [0.717, 1.165) is 5.56 Å². The SMILES string of the molecule is COc1cc(CNC(=O)c2ccc(CS(C)(=O)=O)cc2)ccn1. The van der Waals surface area contributed by atoms with Crippen LogP contribution < -0.4 is 10.1 Å². The summed E-state index contributed by atoms with van der Waals surface area (Å²) in [5, 5.41) is 2.79. The molecule has 0 spiro atoms. The lowest BCUT2D eigenvalue weighted by molar-refractivity contribution is 0.0951. The van der Waals surface area contributed by atoms with E-state index in [1.165, 1.54) is 13.4 Å². The number of nitrogens with one attached hydrogen (secondary N) is 1. The molecule has 0 fully saturated rings. The first-order chi connectivity index (χ1) is 10.9. The summed E-state index contributed by atoms with van der Waals surface area (Å²) < 4.78 is 27.5. The number of hydrogen-bond acceptors (Lipinski definition) is 5. The smallest absolute Gasteiger partial charge is 0.251 e. The summed E-state index contributed by atoms with van der Waals surface area (Å²) in [6, 6.07) is 10.1. The second-order valence-electron chi connectivity index (χ2n) is 5.16. The third-order valence-corrected chi connectivity index (χ3v) is 3.96. The molecule has 1 aromatic heterocycles. The lowest BCUT2D eigenvalue weighted by atomic mass is 10.1. The number of nitrogens with zero attached hydrogens (tertiary/aromatic N) is 1. The molecule has 1 heterocycles. The Morgan fingerprint density at radius 1 is 1.17 bits per heavy atom. The lowest BCUT2D eigenvalue weighted by Crippen LogP contribution is -2.22. The van der Waals surface area contributed by atoms with Crippen LogP contribution in [0.4, 0.5) is 0 Å². The number of carbonyl (C=O) groups is 1. The first kappa shape index (κ1) is 17.0. The number of benzene rings is 1. The number of carbonyl (C=O) groups excluding carboxylic acids is 1. The van der Waals surface area contributed by atoms with Crippen LogP contribution in [0.5, 0.6) is 5.88 Å². The van der Waals surface area contributed by atoms with Gasteiger partial charge in [0.05, 0.1) is 12.9 Å². The van der Waals surface area contributed by atoms with Gasteiger partial charge in [-0.25, -0.2) is 13.4 Å². The minimum absolute atomic E-state index is 0.0360. The van der Waals surface area contributed by atoms with Gasteiger partial charge in [0.1, 0.15) is 0 Å². The molecule has 1 amide bonds. The lowest BCUT2D eigenvalue weighted by Gasteiger charge is -2.07. The molecule has 0 aliphatic rings. The molecule has 0 aliphatic heterocycles. The number of ether oxygens (including phenoxy) is 1.